The normalized spacial score (nSPS) is 22.8. The Balaban J connectivity index is 1.87. The van der Waals surface area contributed by atoms with E-state index < -0.39 is 0 Å². The van der Waals surface area contributed by atoms with Crippen molar-refractivity contribution < 1.29 is 0 Å². The van der Waals surface area contributed by atoms with Gasteiger partial charge in [-0.05, 0) is 50.3 Å². The van der Waals surface area contributed by atoms with E-state index in [4.69, 9.17) is 0 Å². The number of nitrogens with one attached hydrogen (secondary N) is 1. The molecule has 1 aliphatic rings. The van der Waals surface area contributed by atoms with Gasteiger partial charge in [0.1, 0.15) is 0 Å². The maximum absolute atomic E-state index is 3.75. The van der Waals surface area contributed by atoms with E-state index in [-0.39, 0.29) is 0 Å². The van der Waals surface area contributed by atoms with Gasteiger partial charge in [0.2, 0.25) is 0 Å². The fourth-order valence-corrected chi connectivity index (χ4v) is 3.28. The lowest BCUT2D eigenvalue weighted by Crippen LogP contribution is -2.36. The fourth-order valence-electron chi connectivity index (χ4n) is 3.28. The lowest BCUT2D eigenvalue weighted by Gasteiger charge is -2.29. The molecule has 0 bridgehead atoms. The summed E-state index contributed by atoms with van der Waals surface area (Å²) in [4.78, 5) is 2.39. The van der Waals surface area contributed by atoms with Crippen molar-refractivity contribution in [2.45, 2.75) is 59.0 Å². The first-order valence-electron chi connectivity index (χ1n) is 8.31. The van der Waals surface area contributed by atoms with Gasteiger partial charge < -0.3 is 10.2 Å². The van der Waals surface area contributed by atoms with Crippen molar-refractivity contribution >= 4 is 5.69 Å². The van der Waals surface area contributed by atoms with E-state index in [2.05, 4.69) is 55.3 Å². The van der Waals surface area contributed by atoms with E-state index in [1.54, 1.807) is 0 Å². The molecule has 2 atom stereocenters. The number of hydrogen-bond donors (Lipinski definition) is 1. The summed E-state index contributed by atoms with van der Waals surface area (Å²) in [6, 6.07) is 9.77. The van der Waals surface area contributed by atoms with Crippen LogP contribution in [0.2, 0.25) is 0 Å². The van der Waals surface area contributed by atoms with Crippen LogP contribution in [0.5, 0.6) is 0 Å². The van der Waals surface area contributed by atoms with Crippen LogP contribution >= 0.6 is 0 Å². The average molecular weight is 274 g/mol. The SMILES string of the molecule is CCN(CC)c1ccc(CNC2CCCCC2C)cc1. The highest BCUT2D eigenvalue weighted by molar-refractivity contribution is 5.47. The second-order valence-electron chi connectivity index (χ2n) is 6.09. The lowest BCUT2D eigenvalue weighted by atomic mass is 9.86. The van der Waals surface area contributed by atoms with Crippen molar-refractivity contribution in [1.29, 1.82) is 0 Å². The summed E-state index contributed by atoms with van der Waals surface area (Å²) in [6.07, 6.45) is 5.54. The predicted octanol–water partition coefficient (Wildman–Crippen LogP) is 4.20. The molecule has 0 spiro atoms. The Morgan fingerprint density at radius 3 is 2.30 bits per heavy atom. The van der Waals surface area contributed by atoms with Crippen LogP contribution in [0.25, 0.3) is 0 Å². The second-order valence-corrected chi connectivity index (χ2v) is 6.09. The van der Waals surface area contributed by atoms with E-state index in [9.17, 15) is 0 Å². The minimum Gasteiger partial charge on any atom is -0.372 e. The number of nitrogens with zero attached hydrogens (tertiary/aromatic N) is 1. The van der Waals surface area contributed by atoms with Crippen molar-refractivity contribution in [3.63, 3.8) is 0 Å². The summed E-state index contributed by atoms with van der Waals surface area (Å²) in [5.41, 5.74) is 2.74. The number of hydrogen-bond acceptors (Lipinski definition) is 2. The highest BCUT2D eigenvalue weighted by Gasteiger charge is 2.20. The van der Waals surface area contributed by atoms with Crippen LogP contribution < -0.4 is 10.2 Å². The molecule has 2 nitrogen and oxygen atoms in total. The van der Waals surface area contributed by atoms with Crippen molar-refractivity contribution in [2.24, 2.45) is 5.92 Å². The van der Waals surface area contributed by atoms with Gasteiger partial charge in [0.25, 0.3) is 0 Å². The van der Waals surface area contributed by atoms with Gasteiger partial charge in [0.05, 0.1) is 0 Å². The zero-order valence-corrected chi connectivity index (χ0v) is 13.4. The number of benzene rings is 1. The van der Waals surface area contributed by atoms with Gasteiger partial charge in [-0.2, -0.15) is 0 Å². The molecule has 2 heteroatoms. The minimum atomic E-state index is 0.714. The van der Waals surface area contributed by atoms with Crippen LogP contribution in [-0.4, -0.2) is 19.1 Å². The maximum Gasteiger partial charge on any atom is 0.0366 e. The summed E-state index contributed by atoms with van der Waals surface area (Å²) < 4.78 is 0. The van der Waals surface area contributed by atoms with Gasteiger partial charge in [-0.25, -0.2) is 0 Å². The van der Waals surface area contributed by atoms with Gasteiger partial charge in [-0.1, -0.05) is 31.9 Å². The van der Waals surface area contributed by atoms with Crippen molar-refractivity contribution in [3.8, 4) is 0 Å². The molecule has 2 unspecified atom stereocenters. The Kier molecular flexibility index (Phi) is 5.90. The van der Waals surface area contributed by atoms with E-state index in [0.29, 0.717) is 6.04 Å². The summed E-state index contributed by atoms with van der Waals surface area (Å²) in [5, 5.41) is 3.75. The summed E-state index contributed by atoms with van der Waals surface area (Å²) >= 11 is 0. The zero-order valence-electron chi connectivity index (χ0n) is 13.4. The third-order valence-electron chi connectivity index (χ3n) is 4.74. The number of rotatable bonds is 6. The third-order valence-corrected chi connectivity index (χ3v) is 4.74. The summed E-state index contributed by atoms with van der Waals surface area (Å²) in [7, 11) is 0. The molecule has 0 aromatic heterocycles. The molecule has 0 aliphatic heterocycles. The molecule has 0 saturated heterocycles. The standard InChI is InChI=1S/C18H30N2/c1-4-20(5-2)17-12-10-16(11-13-17)14-19-18-9-7-6-8-15(18)3/h10-13,15,18-19H,4-9,14H2,1-3H3. The average Bonchev–Trinajstić information content (AvgIpc) is 2.49. The van der Waals surface area contributed by atoms with Crippen LogP contribution in [0.4, 0.5) is 5.69 Å². The van der Waals surface area contributed by atoms with E-state index >= 15 is 0 Å². The first kappa shape index (κ1) is 15.4. The van der Waals surface area contributed by atoms with Crippen LogP contribution in [0.1, 0.15) is 52.0 Å². The van der Waals surface area contributed by atoms with E-state index in [1.165, 1.54) is 36.9 Å². The first-order valence-corrected chi connectivity index (χ1v) is 8.31. The highest BCUT2D eigenvalue weighted by atomic mass is 15.1. The Morgan fingerprint density at radius 1 is 1.05 bits per heavy atom. The Hall–Kier alpha value is -1.02. The summed E-state index contributed by atoms with van der Waals surface area (Å²) in [5.74, 6) is 0.832. The highest BCUT2D eigenvalue weighted by Crippen LogP contribution is 2.24. The van der Waals surface area contributed by atoms with Gasteiger partial charge in [0.15, 0.2) is 0 Å². The first-order chi connectivity index (χ1) is 9.74. The molecular formula is C18H30N2. The molecule has 0 heterocycles. The van der Waals surface area contributed by atoms with E-state index in [0.717, 1.165) is 25.6 Å². The van der Waals surface area contributed by atoms with Gasteiger partial charge in [-0.15, -0.1) is 0 Å². The predicted molar refractivity (Wildman–Crippen MR) is 88.3 cm³/mol. The molecule has 20 heavy (non-hydrogen) atoms. The van der Waals surface area contributed by atoms with Gasteiger partial charge in [0, 0.05) is 31.4 Å². The molecule has 0 amide bonds. The Bertz CT molecular complexity index is 381. The van der Waals surface area contributed by atoms with Gasteiger partial charge in [-0.3, -0.25) is 0 Å². The molecule has 1 saturated carbocycles. The second kappa shape index (κ2) is 7.68. The number of anilines is 1. The Labute approximate surface area is 124 Å². The molecule has 1 aromatic carbocycles. The van der Waals surface area contributed by atoms with Crippen molar-refractivity contribution in [1.82, 2.24) is 5.32 Å². The monoisotopic (exact) mass is 274 g/mol. The molecule has 1 aliphatic carbocycles. The van der Waals surface area contributed by atoms with Crippen molar-refractivity contribution in [2.75, 3.05) is 18.0 Å². The van der Waals surface area contributed by atoms with Crippen LogP contribution in [0.3, 0.4) is 0 Å². The van der Waals surface area contributed by atoms with Crippen molar-refractivity contribution in [3.05, 3.63) is 29.8 Å². The molecule has 2 rings (SSSR count). The fraction of sp³-hybridized carbons (Fsp3) is 0.667. The smallest absolute Gasteiger partial charge is 0.0366 e. The molecule has 112 valence electrons. The van der Waals surface area contributed by atoms with Crippen LogP contribution in [-0.2, 0) is 6.54 Å². The zero-order chi connectivity index (χ0) is 14.4. The maximum atomic E-state index is 3.75. The molecule has 1 fully saturated rings. The third kappa shape index (κ3) is 3.99. The van der Waals surface area contributed by atoms with Crippen LogP contribution in [0.15, 0.2) is 24.3 Å². The quantitative estimate of drug-likeness (QED) is 0.836. The van der Waals surface area contributed by atoms with E-state index in [1.807, 2.05) is 0 Å². The molecular weight excluding hydrogens is 244 g/mol. The largest absolute Gasteiger partial charge is 0.372 e. The van der Waals surface area contributed by atoms with Crippen LogP contribution in [0, 0.1) is 5.92 Å². The minimum absolute atomic E-state index is 0.714. The van der Waals surface area contributed by atoms with Gasteiger partial charge >= 0.3 is 0 Å². The molecule has 0 radical (unpaired) electrons. The summed E-state index contributed by atoms with van der Waals surface area (Å²) in [6.45, 7) is 9.97. The Morgan fingerprint density at radius 2 is 1.70 bits per heavy atom. The molecule has 1 N–H and O–H groups in total. The lowest BCUT2D eigenvalue weighted by molar-refractivity contribution is 0.279. The molecule has 1 aromatic rings. The topological polar surface area (TPSA) is 15.3 Å².